The summed E-state index contributed by atoms with van der Waals surface area (Å²) < 4.78 is 1.52. The molecule has 0 aromatic heterocycles. The summed E-state index contributed by atoms with van der Waals surface area (Å²) in [4.78, 5) is 0. The molecule has 1 aromatic rings. The van der Waals surface area contributed by atoms with Crippen molar-refractivity contribution in [1.82, 2.24) is 0 Å². The van der Waals surface area contributed by atoms with Crippen LogP contribution in [0.1, 0.15) is 29.4 Å². The zero-order valence-corrected chi connectivity index (χ0v) is 12.6. The first-order valence-electron chi connectivity index (χ1n) is 5.99. The molecule has 2 aliphatic rings. The predicted octanol–water partition coefficient (Wildman–Crippen LogP) is 4.80. The SMILES string of the molecule is C[Si](C)(C)C1=C(Br)[C@@H]2C[C@H]1c1ccccc12. The van der Waals surface area contributed by atoms with Crippen LogP contribution in [0.5, 0.6) is 0 Å². The standard InChI is InChI=1S/C14H17BrSi/c1-16(2,3)14-12-8-11(13(14)15)9-6-4-5-7-10(9)12/h4-7,11-12H,8H2,1-3H3/t11-,12+/m1/s1. The lowest BCUT2D eigenvalue weighted by Crippen LogP contribution is -2.28. The van der Waals surface area contributed by atoms with E-state index in [1.165, 1.54) is 10.9 Å². The van der Waals surface area contributed by atoms with Gasteiger partial charge in [0.1, 0.15) is 0 Å². The normalized spacial score (nSPS) is 27.5. The van der Waals surface area contributed by atoms with Crippen molar-refractivity contribution < 1.29 is 0 Å². The van der Waals surface area contributed by atoms with Crippen molar-refractivity contribution in [3.05, 3.63) is 45.1 Å². The van der Waals surface area contributed by atoms with Crippen LogP contribution in [0, 0.1) is 0 Å². The first kappa shape index (κ1) is 10.8. The van der Waals surface area contributed by atoms with E-state index in [0.717, 1.165) is 5.92 Å². The molecule has 84 valence electrons. The van der Waals surface area contributed by atoms with Crippen LogP contribution in [0.25, 0.3) is 0 Å². The molecule has 0 spiro atoms. The van der Waals surface area contributed by atoms with E-state index in [4.69, 9.17) is 0 Å². The monoisotopic (exact) mass is 292 g/mol. The van der Waals surface area contributed by atoms with Gasteiger partial charge in [0.05, 0.1) is 8.07 Å². The number of rotatable bonds is 1. The number of hydrogen-bond acceptors (Lipinski definition) is 0. The third kappa shape index (κ3) is 1.32. The van der Waals surface area contributed by atoms with Gasteiger partial charge in [0, 0.05) is 11.8 Å². The van der Waals surface area contributed by atoms with Crippen LogP contribution >= 0.6 is 15.9 Å². The van der Waals surface area contributed by atoms with Crippen LogP contribution in [0.15, 0.2) is 33.9 Å². The van der Waals surface area contributed by atoms with E-state index in [1.54, 1.807) is 16.3 Å². The van der Waals surface area contributed by atoms with Gasteiger partial charge in [0.2, 0.25) is 0 Å². The fourth-order valence-corrected chi connectivity index (χ4v) is 8.09. The van der Waals surface area contributed by atoms with E-state index in [-0.39, 0.29) is 0 Å². The smallest absolute Gasteiger partial charge is 0.0659 e. The Balaban J connectivity index is 2.16. The van der Waals surface area contributed by atoms with Gasteiger partial charge in [0.25, 0.3) is 0 Å². The van der Waals surface area contributed by atoms with Gasteiger partial charge in [-0.25, -0.2) is 0 Å². The summed E-state index contributed by atoms with van der Waals surface area (Å²) in [6.45, 7) is 7.40. The number of hydrogen-bond donors (Lipinski definition) is 0. The van der Waals surface area contributed by atoms with Crippen LogP contribution in [-0.2, 0) is 0 Å². The molecule has 1 aromatic carbocycles. The highest BCUT2D eigenvalue weighted by molar-refractivity contribution is 9.11. The number of benzene rings is 1. The molecular formula is C14H17BrSi. The lowest BCUT2D eigenvalue weighted by atomic mass is 9.97. The number of allylic oxidation sites excluding steroid dienone is 2. The van der Waals surface area contributed by atoms with Gasteiger partial charge in [-0.3, -0.25) is 0 Å². The molecule has 16 heavy (non-hydrogen) atoms. The highest BCUT2D eigenvalue weighted by Crippen LogP contribution is 2.59. The van der Waals surface area contributed by atoms with Crippen molar-refractivity contribution in [2.45, 2.75) is 37.9 Å². The summed E-state index contributed by atoms with van der Waals surface area (Å²) in [6, 6.07) is 9.01. The maximum absolute atomic E-state index is 3.88. The van der Waals surface area contributed by atoms with Crippen LogP contribution in [0.3, 0.4) is 0 Å². The molecule has 2 heteroatoms. The maximum Gasteiger partial charge on any atom is 0.0743 e. The van der Waals surface area contributed by atoms with Crippen LogP contribution in [0.2, 0.25) is 19.6 Å². The van der Waals surface area contributed by atoms with Crippen molar-refractivity contribution in [1.29, 1.82) is 0 Å². The number of fused-ring (bicyclic) bond motifs is 5. The molecule has 0 aliphatic heterocycles. The highest BCUT2D eigenvalue weighted by atomic mass is 79.9. The van der Waals surface area contributed by atoms with Crippen molar-refractivity contribution in [3.63, 3.8) is 0 Å². The Morgan fingerprint density at radius 2 is 1.62 bits per heavy atom. The Hall–Kier alpha value is -0.343. The minimum absolute atomic E-state index is 0.669. The zero-order chi connectivity index (χ0) is 11.5. The molecule has 2 bridgehead atoms. The summed E-state index contributed by atoms with van der Waals surface area (Å²) >= 11 is 3.88. The predicted molar refractivity (Wildman–Crippen MR) is 75.8 cm³/mol. The summed E-state index contributed by atoms with van der Waals surface area (Å²) in [6.07, 6.45) is 1.32. The van der Waals surface area contributed by atoms with Gasteiger partial charge in [0.15, 0.2) is 0 Å². The Morgan fingerprint density at radius 3 is 2.19 bits per heavy atom. The summed E-state index contributed by atoms with van der Waals surface area (Å²) in [5.74, 6) is 1.39. The summed E-state index contributed by atoms with van der Waals surface area (Å²) in [5.41, 5.74) is 3.18. The van der Waals surface area contributed by atoms with Crippen LogP contribution in [0.4, 0.5) is 0 Å². The first-order valence-corrected chi connectivity index (χ1v) is 10.3. The molecule has 0 saturated carbocycles. The van der Waals surface area contributed by atoms with Gasteiger partial charge >= 0.3 is 0 Å². The maximum atomic E-state index is 3.88. The minimum atomic E-state index is -1.18. The summed E-state index contributed by atoms with van der Waals surface area (Å²) in [5, 5.41) is 1.76. The third-order valence-electron chi connectivity index (χ3n) is 3.94. The van der Waals surface area contributed by atoms with E-state index in [0.29, 0.717) is 5.92 Å². The molecule has 0 unspecified atom stereocenters. The molecule has 0 heterocycles. The Kier molecular flexibility index (Phi) is 2.24. The minimum Gasteiger partial charge on any atom is -0.0659 e. The second kappa shape index (κ2) is 3.33. The molecule has 0 amide bonds. The first-order chi connectivity index (χ1) is 7.50. The number of halogens is 1. The third-order valence-corrected chi connectivity index (χ3v) is 7.52. The fraction of sp³-hybridized carbons (Fsp3) is 0.429. The van der Waals surface area contributed by atoms with Crippen molar-refractivity contribution in [3.8, 4) is 0 Å². The molecule has 0 radical (unpaired) electrons. The van der Waals surface area contributed by atoms with Crippen LogP contribution in [-0.4, -0.2) is 8.07 Å². The molecule has 0 fully saturated rings. The molecule has 0 nitrogen and oxygen atoms in total. The topological polar surface area (TPSA) is 0 Å². The van der Waals surface area contributed by atoms with Gasteiger partial charge in [-0.2, -0.15) is 0 Å². The summed E-state index contributed by atoms with van der Waals surface area (Å²) in [7, 11) is -1.18. The van der Waals surface area contributed by atoms with Crippen molar-refractivity contribution >= 4 is 24.0 Å². The molecule has 2 atom stereocenters. The Labute approximate surface area is 107 Å². The molecule has 0 N–H and O–H groups in total. The quantitative estimate of drug-likeness (QED) is 0.653. The van der Waals surface area contributed by atoms with E-state index >= 15 is 0 Å². The van der Waals surface area contributed by atoms with E-state index in [9.17, 15) is 0 Å². The second-order valence-electron chi connectivity index (χ2n) is 5.98. The fourth-order valence-electron chi connectivity index (χ4n) is 3.38. The second-order valence-corrected chi connectivity index (χ2v) is 11.9. The molecule has 2 aliphatic carbocycles. The Morgan fingerprint density at radius 1 is 1.06 bits per heavy atom. The molecular weight excluding hydrogens is 276 g/mol. The largest absolute Gasteiger partial charge is 0.0743 e. The average Bonchev–Trinajstić information content (AvgIpc) is 2.72. The van der Waals surface area contributed by atoms with Gasteiger partial charge in [-0.05, 0) is 22.0 Å². The van der Waals surface area contributed by atoms with E-state index in [1.807, 2.05) is 0 Å². The Bertz CT molecular complexity index is 482. The van der Waals surface area contributed by atoms with Gasteiger partial charge in [-0.15, -0.1) is 0 Å². The van der Waals surface area contributed by atoms with E-state index in [2.05, 4.69) is 59.8 Å². The van der Waals surface area contributed by atoms with Crippen molar-refractivity contribution in [2.75, 3.05) is 0 Å². The molecule has 3 rings (SSSR count). The molecule has 0 saturated heterocycles. The van der Waals surface area contributed by atoms with Gasteiger partial charge < -0.3 is 0 Å². The van der Waals surface area contributed by atoms with E-state index < -0.39 is 8.07 Å². The van der Waals surface area contributed by atoms with Gasteiger partial charge in [-0.1, -0.05) is 65.0 Å². The highest BCUT2D eigenvalue weighted by Gasteiger charge is 2.45. The van der Waals surface area contributed by atoms with Crippen LogP contribution < -0.4 is 0 Å². The lowest BCUT2D eigenvalue weighted by molar-refractivity contribution is 0.794. The lowest BCUT2D eigenvalue weighted by Gasteiger charge is -2.28. The zero-order valence-electron chi connectivity index (χ0n) is 10.0. The van der Waals surface area contributed by atoms with Crippen molar-refractivity contribution in [2.24, 2.45) is 0 Å². The average molecular weight is 293 g/mol.